The molecular formula is C15H31N2OP. The molecule has 1 rings (SSSR count). The summed E-state index contributed by atoms with van der Waals surface area (Å²) >= 11 is 0. The van der Waals surface area contributed by atoms with Gasteiger partial charge in [-0.05, 0) is 29.1 Å². The third kappa shape index (κ3) is 4.72. The Morgan fingerprint density at radius 1 is 1.11 bits per heavy atom. The Morgan fingerprint density at radius 3 is 2.05 bits per heavy atom. The maximum Gasteiger partial charge on any atom is 0.221 e. The summed E-state index contributed by atoms with van der Waals surface area (Å²) in [7, 11) is 2.84. The molecule has 1 aliphatic rings. The molecule has 0 aromatic heterocycles. The molecule has 0 radical (unpaired) electrons. The van der Waals surface area contributed by atoms with Crippen molar-refractivity contribution in [2.24, 2.45) is 27.9 Å². The van der Waals surface area contributed by atoms with Gasteiger partial charge in [0.1, 0.15) is 0 Å². The lowest BCUT2D eigenvalue weighted by Gasteiger charge is -2.39. The second-order valence-corrected chi connectivity index (χ2v) is 9.29. The van der Waals surface area contributed by atoms with Crippen molar-refractivity contribution in [2.45, 2.75) is 54.4 Å². The van der Waals surface area contributed by atoms with Crippen LogP contribution in [0.15, 0.2) is 0 Å². The van der Waals surface area contributed by atoms with Crippen LogP contribution >= 0.6 is 9.39 Å². The maximum absolute atomic E-state index is 11.9. The largest absolute Gasteiger partial charge is 0.369 e. The predicted molar refractivity (Wildman–Crippen MR) is 84.5 cm³/mol. The molecule has 4 heteroatoms. The molecule has 2 atom stereocenters. The summed E-state index contributed by atoms with van der Waals surface area (Å²) in [6.07, 6.45) is 1.87. The molecular weight excluding hydrogens is 255 g/mol. The van der Waals surface area contributed by atoms with Crippen LogP contribution in [0.25, 0.3) is 0 Å². The summed E-state index contributed by atoms with van der Waals surface area (Å²) in [5.74, 6) is -0.204. The Bertz CT molecular complexity index is 350. The molecule has 1 fully saturated rings. The van der Waals surface area contributed by atoms with Crippen LogP contribution in [0.1, 0.15) is 54.4 Å². The van der Waals surface area contributed by atoms with Crippen LogP contribution in [0.2, 0.25) is 0 Å². The third-order valence-electron chi connectivity index (χ3n) is 4.24. The van der Waals surface area contributed by atoms with E-state index in [-0.39, 0.29) is 28.1 Å². The van der Waals surface area contributed by atoms with Crippen LogP contribution < -0.4 is 5.73 Å². The molecule has 2 N–H and O–H groups in total. The molecule has 0 bridgehead atoms. The van der Waals surface area contributed by atoms with Crippen molar-refractivity contribution < 1.29 is 4.79 Å². The first-order valence-corrected chi connectivity index (χ1v) is 7.65. The van der Waals surface area contributed by atoms with Crippen molar-refractivity contribution in [3.05, 3.63) is 0 Å². The molecule has 0 spiro atoms. The van der Waals surface area contributed by atoms with E-state index in [4.69, 9.17) is 5.73 Å². The number of primary amides is 1. The molecule has 0 saturated carbocycles. The fourth-order valence-electron chi connectivity index (χ4n) is 3.95. The summed E-state index contributed by atoms with van der Waals surface area (Å²) in [6, 6.07) is 0. The zero-order valence-electron chi connectivity index (χ0n) is 13.4. The van der Waals surface area contributed by atoms with Gasteiger partial charge in [-0.15, -0.1) is 0 Å². The number of nitrogens with two attached hydrogens (primary N) is 1. The second-order valence-electron chi connectivity index (χ2n) is 8.56. The first-order chi connectivity index (χ1) is 8.35. The number of carbonyl (C=O) groups excluding carboxylic acids is 1. The Balaban J connectivity index is 3.15. The minimum absolute atomic E-state index is 0.0531. The first-order valence-electron chi connectivity index (χ1n) is 7.14. The molecule has 0 aromatic carbocycles. The zero-order chi connectivity index (χ0) is 15.1. The van der Waals surface area contributed by atoms with E-state index in [2.05, 4.69) is 55.6 Å². The molecule has 112 valence electrons. The van der Waals surface area contributed by atoms with E-state index in [1.54, 1.807) is 0 Å². The number of nitrogens with zero attached hydrogens (tertiary/aromatic N) is 1. The highest BCUT2D eigenvalue weighted by Gasteiger charge is 2.43. The highest BCUT2D eigenvalue weighted by atomic mass is 31.0. The van der Waals surface area contributed by atoms with Crippen molar-refractivity contribution in [3.8, 4) is 0 Å². The normalized spacial score (nSPS) is 31.0. The molecule has 1 heterocycles. The van der Waals surface area contributed by atoms with E-state index in [0.29, 0.717) is 0 Å². The number of hydrogen-bond acceptors (Lipinski definition) is 2. The van der Waals surface area contributed by atoms with Crippen molar-refractivity contribution in [1.29, 1.82) is 0 Å². The van der Waals surface area contributed by atoms with Crippen LogP contribution in [0, 0.1) is 22.2 Å². The minimum Gasteiger partial charge on any atom is -0.369 e. The fraction of sp³-hybridized carbons (Fsp3) is 0.933. The molecule has 0 aliphatic carbocycles. The lowest BCUT2D eigenvalue weighted by Crippen LogP contribution is -2.40. The highest BCUT2D eigenvalue weighted by molar-refractivity contribution is 7.13. The van der Waals surface area contributed by atoms with E-state index in [1.807, 2.05) is 0 Å². The van der Waals surface area contributed by atoms with Gasteiger partial charge in [0.05, 0.1) is 0 Å². The molecule has 1 saturated heterocycles. The van der Waals surface area contributed by atoms with Crippen LogP contribution in [-0.2, 0) is 4.79 Å². The number of carbonyl (C=O) groups is 1. The molecule has 1 amide bonds. The van der Waals surface area contributed by atoms with E-state index >= 15 is 0 Å². The van der Waals surface area contributed by atoms with Gasteiger partial charge in [0.25, 0.3) is 0 Å². The predicted octanol–water partition coefficient (Wildman–Crippen LogP) is 3.05. The monoisotopic (exact) mass is 286 g/mol. The van der Waals surface area contributed by atoms with E-state index in [9.17, 15) is 4.79 Å². The fourth-order valence-corrected chi connectivity index (χ4v) is 4.94. The smallest absolute Gasteiger partial charge is 0.221 e. The quantitative estimate of drug-likeness (QED) is 0.753. The van der Waals surface area contributed by atoms with Gasteiger partial charge in [0, 0.05) is 19.0 Å². The molecule has 0 aromatic rings. The summed E-state index contributed by atoms with van der Waals surface area (Å²) in [5.41, 5.74) is 5.92. The van der Waals surface area contributed by atoms with Gasteiger partial charge >= 0.3 is 0 Å². The Kier molecular flexibility index (Phi) is 4.75. The topological polar surface area (TPSA) is 46.3 Å². The Labute approximate surface area is 120 Å². The van der Waals surface area contributed by atoms with Gasteiger partial charge < -0.3 is 5.73 Å². The molecule has 3 nitrogen and oxygen atoms in total. The zero-order valence-corrected chi connectivity index (χ0v) is 14.6. The van der Waals surface area contributed by atoms with Crippen LogP contribution in [-0.4, -0.2) is 23.7 Å². The first kappa shape index (κ1) is 16.9. The van der Waals surface area contributed by atoms with Crippen LogP contribution in [0.5, 0.6) is 0 Å². The van der Waals surface area contributed by atoms with E-state index < -0.39 is 0 Å². The van der Waals surface area contributed by atoms with Crippen molar-refractivity contribution >= 4 is 15.3 Å². The van der Waals surface area contributed by atoms with Crippen molar-refractivity contribution in [1.82, 2.24) is 4.67 Å². The SMILES string of the molecule is CC1(C)CC(C(N)=O)C(C)(C)CC(C)(C)CN(P)C1. The highest BCUT2D eigenvalue weighted by Crippen LogP contribution is 2.46. The van der Waals surface area contributed by atoms with Gasteiger partial charge in [0.15, 0.2) is 0 Å². The van der Waals surface area contributed by atoms with E-state index in [1.165, 1.54) is 0 Å². The Hall–Kier alpha value is -0.140. The van der Waals surface area contributed by atoms with Gasteiger partial charge in [0.2, 0.25) is 5.91 Å². The number of hydrogen-bond donors (Lipinski definition) is 1. The number of rotatable bonds is 1. The lowest BCUT2D eigenvalue weighted by molar-refractivity contribution is -0.127. The standard InChI is InChI=1S/C15H31N2OP/c1-13(2)7-11(12(16)18)15(5,6)8-14(3,4)10-17(19)9-13/h11H,7-10,19H2,1-6H3,(H2,16,18). The van der Waals surface area contributed by atoms with E-state index in [0.717, 1.165) is 25.9 Å². The van der Waals surface area contributed by atoms with Gasteiger partial charge in [-0.25, -0.2) is 0 Å². The summed E-state index contributed by atoms with van der Waals surface area (Å²) in [5, 5.41) is 0. The van der Waals surface area contributed by atoms with Crippen LogP contribution in [0.3, 0.4) is 0 Å². The average Bonchev–Trinajstić information content (AvgIpc) is 2.09. The lowest BCUT2D eigenvalue weighted by atomic mass is 9.65. The Morgan fingerprint density at radius 2 is 1.58 bits per heavy atom. The summed E-state index contributed by atoms with van der Waals surface area (Å²) < 4.78 is 2.32. The summed E-state index contributed by atoms with van der Waals surface area (Å²) in [6.45, 7) is 15.4. The maximum atomic E-state index is 11.9. The van der Waals surface area contributed by atoms with Gasteiger partial charge in [-0.3, -0.25) is 9.46 Å². The minimum atomic E-state index is -0.147. The second kappa shape index (κ2) is 5.33. The summed E-state index contributed by atoms with van der Waals surface area (Å²) in [4.78, 5) is 11.9. The average molecular weight is 286 g/mol. The molecule has 2 unspecified atom stereocenters. The van der Waals surface area contributed by atoms with Gasteiger partial charge in [-0.1, -0.05) is 50.9 Å². The third-order valence-corrected chi connectivity index (χ3v) is 4.61. The van der Waals surface area contributed by atoms with Crippen molar-refractivity contribution in [3.63, 3.8) is 0 Å². The van der Waals surface area contributed by atoms with Crippen LogP contribution in [0.4, 0.5) is 0 Å². The molecule has 1 aliphatic heterocycles. The molecule has 19 heavy (non-hydrogen) atoms. The number of amides is 1. The van der Waals surface area contributed by atoms with Crippen molar-refractivity contribution in [2.75, 3.05) is 13.1 Å². The van der Waals surface area contributed by atoms with Gasteiger partial charge in [-0.2, -0.15) is 0 Å².